The van der Waals surface area contributed by atoms with Crippen LogP contribution < -0.4 is 10.6 Å². The van der Waals surface area contributed by atoms with Crippen LogP contribution in [0.5, 0.6) is 0 Å². The lowest BCUT2D eigenvalue weighted by Crippen LogP contribution is -2.46. The molecule has 0 rings (SSSR count). The van der Waals surface area contributed by atoms with E-state index in [-0.39, 0.29) is 18.1 Å². The summed E-state index contributed by atoms with van der Waals surface area (Å²) in [5, 5.41) is 5.92. The van der Waals surface area contributed by atoms with Gasteiger partial charge < -0.3 is 10.6 Å². The zero-order valence-electron chi connectivity index (χ0n) is 11.6. The van der Waals surface area contributed by atoms with Gasteiger partial charge in [0.05, 0.1) is 0 Å². The van der Waals surface area contributed by atoms with Crippen LogP contribution >= 0.6 is 0 Å². The van der Waals surface area contributed by atoms with E-state index in [4.69, 9.17) is 0 Å². The summed E-state index contributed by atoms with van der Waals surface area (Å²) in [5.41, 5.74) is 0. The fourth-order valence-electron chi connectivity index (χ4n) is 1.29. The Morgan fingerprint density at radius 1 is 0.938 bits per heavy atom. The summed E-state index contributed by atoms with van der Waals surface area (Å²) < 4.78 is 0. The second-order valence-corrected chi connectivity index (χ2v) is 5.52. The Labute approximate surface area is 100 Å². The molecule has 0 saturated heterocycles. The van der Waals surface area contributed by atoms with E-state index < -0.39 is 0 Å². The molecule has 0 heterocycles. The van der Waals surface area contributed by atoms with Gasteiger partial charge in [-0.05, 0) is 38.5 Å². The Kier molecular flexibility index (Phi) is 7.18. The van der Waals surface area contributed by atoms with Crippen LogP contribution in [0.15, 0.2) is 0 Å². The molecule has 2 amide bonds. The number of hydrogen-bond donors (Lipinski definition) is 2. The fourth-order valence-corrected chi connectivity index (χ4v) is 1.29. The molecule has 3 heteroatoms. The lowest BCUT2D eigenvalue weighted by Gasteiger charge is -2.20. The van der Waals surface area contributed by atoms with Crippen molar-refractivity contribution in [3.8, 4) is 0 Å². The van der Waals surface area contributed by atoms with Crippen molar-refractivity contribution < 1.29 is 4.79 Å². The van der Waals surface area contributed by atoms with Gasteiger partial charge >= 0.3 is 6.03 Å². The summed E-state index contributed by atoms with van der Waals surface area (Å²) in [6, 6.07) is 0.427. The Hall–Kier alpha value is -0.730. The lowest BCUT2D eigenvalue weighted by molar-refractivity contribution is 0.230. The van der Waals surface area contributed by atoms with Crippen molar-refractivity contribution in [3.63, 3.8) is 0 Å². The van der Waals surface area contributed by atoms with Gasteiger partial charge in [-0.15, -0.1) is 0 Å². The van der Waals surface area contributed by atoms with Crippen LogP contribution in [0.4, 0.5) is 4.79 Å². The number of nitrogens with one attached hydrogen (secondary N) is 2. The van der Waals surface area contributed by atoms with E-state index in [0.29, 0.717) is 11.8 Å². The van der Waals surface area contributed by atoms with Crippen LogP contribution in [-0.2, 0) is 0 Å². The first-order valence-corrected chi connectivity index (χ1v) is 6.40. The molecule has 0 radical (unpaired) electrons. The summed E-state index contributed by atoms with van der Waals surface area (Å²) >= 11 is 0. The van der Waals surface area contributed by atoms with Crippen LogP contribution in [-0.4, -0.2) is 18.1 Å². The molecule has 16 heavy (non-hydrogen) atoms. The fraction of sp³-hybridized carbons (Fsp3) is 0.923. The third-order valence-electron chi connectivity index (χ3n) is 2.91. The molecule has 0 spiro atoms. The number of carbonyl (C=O) groups excluding carboxylic acids is 1. The maximum absolute atomic E-state index is 11.6. The summed E-state index contributed by atoms with van der Waals surface area (Å²) in [6.07, 6.45) is 2.20. The largest absolute Gasteiger partial charge is 0.336 e. The van der Waals surface area contributed by atoms with Gasteiger partial charge in [0.15, 0.2) is 0 Å². The Morgan fingerprint density at radius 3 is 1.94 bits per heavy atom. The van der Waals surface area contributed by atoms with Crippen LogP contribution in [0.2, 0.25) is 0 Å². The molecule has 0 saturated carbocycles. The zero-order valence-corrected chi connectivity index (χ0v) is 11.6. The molecule has 0 aromatic rings. The van der Waals surface area contributed by atoms with Gasteiger partial charge in [-0.2, -0.15) is 0 Å². The normalized spacial score (nSPS) is 15.0. The number of rotatable bonds is 6. The average Bonchev–Trinajstić information content (AvgIpc) is 2.14. The van der Waals surface area contributed by atoms with Gasteiger partial charge in [0.1, 0.15) is 0 Å². The summed E-state index contributed by atoms with van der Waals surface area (Å²) in [5.74, 6) is 1.17. The minimum atomic E-state index is -0.0440. The van der Waals surface area contributed by atoms with Gasteiger partial charge in [0.25, 0.3) is 0 Å². The Bertz CT molecular complexity index is 202. The zero-order chi connectivity index (χ0) is 12.7. The molecule has 0 fully saturated rings. The van der Waals surface area contributed by atoms with Gasteiger partial charge in [-0.3, -0.25) is 0 Å². The van der Waals surface area contributed by atoms with Crippen molar-refractivity contribution in [2.45, 2.75) is 66.5 Å². The highest BCUT2D eigenvalue weighted by Gasteiger charge is 2.12. The molecule has 3 nitrogen and oxygen atoms in total. The van der Waals surface area contributed by atoms with Crippen LogP contribution in [0.1, 0.15) is 54.4 Å². The molecule has 96 valence electrons. The molecular formula is C13H28N2O. The van der Waals surface area contributed by atoms with Crippen molar-refractivity contribution >= 4 is 6.03 Å². The highest BCUT2D eigenvalue weighted by atomic mass is 16.2. The highest BCUT2D eigenvalue weighted by Crippen LogP contribution is 2.06. The summed E-state index contributed by atoms with van der Waals surface area (Å²) in [7, 11) is 0. The quantitative estimate of drug-likeness (QED) is 0.720. The molecule has 2 N–H and O–H groups in total. The molecule has 0 aliphatic rings. The Balaban J connectivity index is 3.78. The smallest absolute Gasteiger partial charge is 0.315 e. The van der Waals surface area contributed by atoms with Crippen molar-refractivity contribution in [3.05, 3.63) is 0 Å². The summed E-state index contributed by atoms with van der Waals surface area (Å²) in [4.78, 5) is 11.6. The second kappa shape index (κ2) is 7.53. The van der Waals surface area contributed by atoms with E-state index in [1.165, 1.54) is 0 Å². The van der Waals surface area contributed by atoms with E-state index in [2.05, 4.69) is 45.3 Å². The molecule has 0 aliphatic carbocycles. The molecule has 0 bridgehead atoms. The maximum atomic E-state index is 11.6. The average molecular weight is 228 g/mol. The SMILES string of the molecule is CC(C)CCC(C)NC(=O)NC(C)C(C)C. The van der Waals surface area contributed by atoms with E-state index >= 15 is 0 Å². The number of urea groups is 1. The number of hydrogen-bond acceptors (Lipinski definition) is 1. The summed E-state index contributed by atoms with van der Waals surface area (Å²) in [6.45, 7) is 12.7. The monoisotopic (exact) mass is 228 g/mol. The van der Waals surface area contributed by atoms with Crippen LogP contribution in [0.25, 0.3) is 0 Å². The molecule has 2 atom stereocenters. The van der Waals surface area contributed by atoms with E-state index in [9.17, 15) is 4.79 Å². The lowest BCUT2D eigenvalue weighted by atomic mass is 10.0. The van der Waals surface area contributed by atoms with Gasteiger partial charge in [0, 0.05) is 12.1 Å². The minimum Gasteiger partial charge on any atom is -0.336 e. The highest BCUT2D eigenvalue weighted by molar-refractivity contribution is 5.74. The minimum absolute atomic E-state index is 0.0440. The van der Waals surface area contributed by atoms with Crippen LogP contribution in [0.3, 0.4) is 0 Å². The number of amides is 2. The van der Waals surface area contributed by atoms with Gasteiger partial charge in [0.2, 0.25) is 0 Å². The molecule has 0 aromatic carbocycles. The molecular weight excluding hydrogens is 200 g/mol. The van der Waals surface area contributed by atoms with Gasteiger partial charge in [-0.25, -0.2) is 4.79 Å². The molecule has 0 aliphatic heterocycles. The third-order valence-corrected chi connectivity index (χ3v) is 2.91. The first kappa shape index (κ1) is 15.3. The topological polar surface area (TPSA) is 41.1 Å². The third kappa shape index (κ3) is 7.55. The standard InChI is InChI=1S/C13H28N2O/c1-9(2)7-8-11(5)14-13(16)15-12(6)10(3)4/h9-12H,7-8H2,1-6H3,(H2,14,15,16). The predicted octanol–water partition coefficient (Wildman–Crippen LogP) is 3.15. The number of carbonyl (C=O) groups is 1. The van der Waals surface area contributed by atoms with Crippen molar-refractivity contribution in [1.82, 2.24) is 10.6 Å². The van der Waals surface area contributed by atoms with E-state index in [0.717, 1.165) is 12.8 Å². The Morgan fingerprint density at radius 2 is 1.50 bits per heavy atom. The van der Waals surface area contributed by atoms with E-state index in [1.807, 2.05) is 6.92 Å². The first-order chi connectivity index (χ1) is 7.32. The van der Waals surface area contributed by atoms with Crippen molar-refractivity contribution in [1.29, 1.82) is 0 Å². The predicted molar refractivity (Wildman–Crippen MR) is 69.5 cm³/mol. The second-order valence-electron chi connectivity index (χ2n) is 5.52. The van der Waals surface area contributed by atoms with Crippen molar-refractivity contribution in [2.24, 2.45) is 11.8 Å². The van der Waals surface area contributed by atoms with E-state index in [1.54, 1.807) is 0 Å². The maximum Gasteiger partial charge on any atom is 0.315 e. The molecule has 0 aromatic heterocycles. The first-order valence-electron chi connectivity index (χ1n) is 6.40. The van der Waals surface area contributed by atoms with Crippen LogP contribution in [0, 0.1) is 11.8 Å². The van der Waals surface area contributed by atoms with Crippen molar-refractivity contribution in [2.75, 3.05) is 0 Å². The van der Waals surface area contributed by atoms with Gasteiger partial charge in [-0.1, -0.05) is 27.7 Å². The molecule has 2 unspecified atom stereocenters.